The number of benzene rings is 3. The minimum atomic E-state index is -1.69. The molecule has 0 aromatic heterocycles. The van der Waals surface area contributed by atoms with Gasteiger partial charge in [0.2, 0.25) is 0 Å². The second-order valence-corrected chi connectivity index (χ2v) is 13.0. The highest BCUT2D eigenvalue weighted by Crippen LogP contribution is 2.37. The summed E-state index contributed by atoms with van der Waals surface area (Å²) in [6.45, 7) is 6.55. The van der Waals surface area contributed by atoms with Crippen molar-refractivity contribution in [3.05, 3.63) is 113 Å². The van der Waals surface area contributed by atoms with Gasteiger partial charge in [0, 0.05) is 5.57 Å². The summed E-state index contributed by atoms with van der Waals surface area (Å²) in [5.74, 6) is 3.33. The first kappa shape index (κ1) is 21.3. The van der Waals surface area contributed by atoms with E-state index in [1.54, 1.807) is 12.1 Å². The summed E-state index contributed by atoms with van der Waals surface area (Å²) >= 11 is 0. The molecule has 2 nitrogen and oxygen atoms in total. The molecule has 0 bridgehead atoms. The molecular formula is C27H25NOSi. The molecule has 3 heteroatoms. The third kappa shape index (κ3) is 4.96. The van der Waals surface area contributed by atoms with Crippen molar-refractivity contribution in [3.8, 4) is 17.5 Å². The van der Waals surface area contributed by atoms with E-state index in [4.69, 9.17) is 5.26 Å². The van der Waals surface area contributed by atoms with Gasteiger partial charge in [0.25, 0.3) is 0 Å². The summed E-state index contributed by atoms with van der Waals surface area (Å²) < 4.78 is 0. The Balaban J connectivity index is 2.27. The van der Waals surface area contributed by atoms with Gasteiger partial charge in [0.15, 0.2) is 0 Å². The maximum Gasteiger partial charge on any atom is 0.148 e. The second kappa shape index (κ2) is 8.97. The van der Waals surface area contributed by atoms with Gasteiger partial charge < -0.3 is 5.11 Å². The van der Waals surface area contributed by atoms with Gasteiger partial charge in [-0.05, 0) is 34.9 Å². The third-order valence-corrected chi connectivity index (χ3v) is 5.57. The standard InChI is InChI=1S/C27H25NOSi/c1-30(2,3)19-18-26(20-22-14-16-23(21-28)17-15-22)27(29,24-10-6-4-7-11-24)25-12-8-5-9-13-25/h4-17,20,29H,1-3H3/b26-20+. The van der Waals surface area contributed by atoms with E-state index in [0.717, 1.165) is 16.7 Å². The van der Waals surface area contributed by atoms with Crippen molar-refractivity contribution in [2.45, 2.75) is 25.2 Å². The summed E-state index contributed by atoms with van der Waals surface area (Å²) in [7, 11) is -1.69. The number of nitrogens with zero attached hydrogens (tertiary/aromatic N) is 1. The summed E-state index contributed by atoms with van der Waals surface area (Å²) in [4.78, 5) is 0. The minimum Gasteiger partial charge on any atom is -0.375 e. The Labute approximate surface area is 180 Å². The highest BCUT2D eigenvalue weighted by Gasteiger charge is 2.35. The molecule has 0 aliphatic carbocycles. The number of hydrogen-bond donors (Lipinski definition) is 1. The van der Waals surface area contributed by atoms with E-state index < -0.39 is 13.7 Å². The van der Waals surface area contributed by atoms with Crippen LogP contribution in [0.15, 0.2) is 90.5 Å². The lowest BCUT2D eigenvalue weighted by molar-refractivity contribution is 0.127. The van der Waals surface area contributed by atoms with Crippen LogP contribution in [0.25, 0.3) is 6.08 Å². The Morgan fingerprint density at radius 3 is 1.77 bits per heavy atom. The monoisotopic (exact) mass is 407 g/mol. The van der Waals surface area contributed by atoms with Gasteiger partial charge in [0.1, 0.15) is 13.7 Å². The van der Waals surface area contributed by atoms with Crippen LogP contribution in [-0.4, -0.2) is 13.2 Å². The number of rotatable bonds is 4. The highest BCUT2D eigenvalue weighted by molar-refractivity contribution is 6.83. The second-order valence-electron chi connectivity index (χ2n) is 8.23. The van der Waals surface area contributed by atoms with Crippen LogP contribution in [0, 0.1) is 22.8 Å². The van der Waals surface area contributed by atoms with E-state index in [0.29, 0.717) is 11.1 Å². The van der Waals surface area contributed by atoms with Crippen LogP contribution in [0.4, 0.5) is 0 Å². The predicted octanol–water partition coefficient (Wildman–Crippen LogP) is 5.76. The fourth-order valence-corrected chi connectivity index (χ4v) is 3.65. The van der Waals surface area contributed by atoms with Gasteiger partial charge in [-0.15, -0.1) is 5.54 Å². The Bertz CT molecular complexity index is 1080. The smallest absolute Gasteiger partial charge is 0.148 e. The molecular weight excluding hydrogens is 382 g/mol. The molecule has 0 aliphatic rings. The van der Waals surface area contributed by atoms with Gasteiger partial charge in [-0.25, -0.2) is 0 Å². The lowest BCUT2D eigenvalue weighted by Crippen LogP contribution is -2.30. The van der Waals surface area contributed by atoms with Crippen LogP contribution in [0.1, 0.15) is 22.3 Å². The molecule has 3 aromatic carbocycles. The molecule has 0 saturated heterocycles. The van der Waals surface area contributed by atoms with Crippen LogP contribution in [0.2, 0.25) is 19.6 Å². The zero-order chi connectivity index (χ0) is 21.6. The van der Waals surface area contributed by atoms with Gasteiger partial charge in [-0.1, -0.05) is 98.4 Å². The van der Waals surface area contributed by atoms with Crippen molar-refractivity contribution in [1.29, 1.82) is 5.26 Å². The average Bonchev–Trinajstić information content (AvgIpc) is 2.77. The van der Waals surface area contributed by atoms with Gasteiger partial charge in [-0.3, -0.25) is 0 Å². The highest BCUT2D eigenvalue weighted by atomic mass is 28.3. The number of nitriles is 1. The molecule has 0 unspecified atom stereocenters. The third-order valence-electron chi connectivity index (χ3n) is 4.70. The maximum atomic E-state index is 12.2. The van der Waals surface area contributed by atoms with Gasteiger partial charge >= 0.3 is 0 Å². The van der Waals surface area contributed by atoms with Crippen molar-refractivity contribution >= 4 is 14.1 Å². The summed E-state index contributed by atoms with van der Waals surface area (Å²) in [5.41, 5.74) is 5.67. The van der Waals surface area contributed by atoms with Gasteiger partial charge in [0.05, 0.1) is 11.6 Å². The van der Waals surface area contributed by atoms with E-state index in [-0.39, 0.29) is 0 Å². The van der Waals surface area contributed by atoms with Crippen LogP contribution in [-0.2, 0) is 5.60 Å². The fraction of sp³-hybridized carbons (Fsp3) is 0.148. The molecule has 3 aromatic rings. The molecule has 0 atom stereocenters. The Hall–Kier alpha value is -3.37. The SMILES string of the molecule is C[Si](C)(C)C#C/C(=C\c1ccc(C#N)cc1)C(O)(c1ccccc1)c1ccccc1. The molecule has 30 heavy (non-hydrogen) atoms. The number of hydrogen-bond acceptors (Lipinski definition) is 2. The van der Waals surface area contributed by atoms with E-state index >= 15 is 0 Å². The lowest BCUT2D eigenvalue weighted by atomic mass is 9.79. The molecule has 0 amide bonds. The van der Waals surface area contributed by atoms with E-state index in [9.17, 15) is 5.11 Å². The van der Waals surface area contributed by atoms with Crippen LogP contribution in [0.5, 0.6) is 0 Å². The summed E-state index contributed by atoms with van der Waals surface area (Å²) in [6.07, 6.45) is 1.92. The van der Waals surface area contributed by atoms with E-state index in [1.165, 1.54) is 0 Å². The molecule has 0 heterocycles. The Morgan fingerprint density at radius 1 is 0.833 bits per heavy atom. The van der Waals surface area contributed by atoms with E-state index in [2.05, 4.69) is 37.2 Å². The Morgan fingerprint density at radius 2 is 1.33 bits per heavy atom. The van der Waals surface area contributed by atoms with Crippen molar-refractivity contribution in [2.75, 3.05) is 0 Å². The molecule has 148 valence electrons. The van der Waals surface area contributed by atoms with Crippen molar-refractivity contribution < 1.29 is 5.11 Å². The molecule has 0 radical (unpaired) electrons. The first-order valence-corrected chi connectivity index (χ1v) is 13.4. The van der Waals surface area contributed by atoms with Crippen molar-refractivity contribution in [3.63, 3.8) is 0 Å². The van der Waals surface area contributed by atoms with Gasteiger partial charge in [-0.2, -0.15) is 5.26 Å². The lowest BCUT2D eigenvalue weighted by Gasteiger charge is -2.30. The molecule has 1 N–H and O–H groups in total. The Kier molecular flexibility index (Phi) is 6.38. The predicted molar refractivity (Wildman–Crippen MR) is 126 cm³/mol. The van der Waals surface area contributed by atoms with Crippen LogP contribution in [0.3, 0.4) is 0 Å². The topological polar surface area (TPSA) is 44.0 Å². The van der Waals surface area contributed by atoms with Crippen molar-refractivity contribution in [2.24, 2.45) is 0 Å². The zero-order valence-electron chi connectivity index (χ0n) is 17.6. The molecule has 3 rings (SSSR count). The largest absolute Gasteiger partial charge is 0.375 e. The normalized spacial score (nSPS) is 11.9. The van der Waals surface area contributed by atoms with Crippen LogP contribution < -0.4 is 0 Å². The summed E-state index contributed by atoms with van der Waals surface area (Å²) in [6, 6.07) is 28.7. The summed E-state index contributed by atoms with van der Waals surface area (Å²) in [5, 5.41) is 21.3. The molecule has 0 fully saturated rings. The average molecular weight is 408 g/mol. The first-order chi connectivity index (χ1) is 14.3. The molecule has 0 aliphatic heterocycles. The fourth-order valence-electron chi connectivity index (χ4n) is 3.14. The first-order valence-electron chi connectivity index (χ1n) is 9.92. The molecule has 0 saturated carbocycles. The van der Waals surface area contributed by atoms with Crippen LogP contribution >= 0.6 is 0 Å². The number of aliphatic hydroxyl groups is 1. The quantitative estimate of drug-likeness (QED) is 0.441. The van der Waals surface area contributed by atoms with E-state index in [1.807, 2.05) is 78.9 Å². The van der Waals surface area contributed by atoms with Crippen molar-refractivity contribution in [1.82, 2.24) is 0 Å². The minimum absolute atomic E-state index is 0.600. The zero-order valence-corrected chi connectivity index (χ0v) is 18.6. The maximum absolute atomic E-state index is 12.2. The molecule has 0 spiro atoms.